The van der Waals surface area contributed by atoms with Gasteiger partial charge in [-0.3, -0.25) is 19.4 Å². The van der Waals surface area contributed by atoms with E-state index in [0.29, 0.717) is 0 Å². The Morgan fingerprint density at radius 3 is 2.56 bits per heavy atom. The van der Waals surface area contributed by atoms with Crippen LogP contribution in [0.25, 0.3) is 0 Å². The Bertz CT molecular complexity index is 742. The standard InChI is InChI=1S/C16H18F2N4O3/c1-10(23)22-14-7-20(6-11-3-4-12(17)5-13(11)18)15(24)9-21(14)16(25)8-19(22)2/h3-5,14H,6-9H2,1-2H3. The van der Waals surface area contributed by atoms with Crippen LogP contribution in [0.1, 0.15) is 12.5 Å². The molecule has 0 aromatic heterocycles. The quantitative estimate of drug-likeness (QED) is 0.761. The van der Waals surface area contributed by atoms with Crippen LogP contribution >= 0.6 is 0 Å². The van der Waals surface area contributed by atoms with Crippen LogP contribution in [0.4, 0.5) is 8.78 Å². The molecule has 1 aromatic rings. The fourth-order valence-corrected chi connectivity index (χ4v) is 3.26. The third-order valence-electron chi connectivity index (χ3n) is 4.44. The molecule has 0 aliphatic carbocycles. The molecule has 0 radical (unpaired) electrons. The smallest absolute Gasteiger partial charge is 0.242 e. The van der Waals surface area contributed by atoms with Gasteiger partial charge in [0.25, 0.3) is 0 Å². The normalized spacial score (nSPS) is 21.6. The summed E-state index contributed by atoms with van der Waals surface area (Å²) in [4.78, 5) is 39.2. The lowest BCUT2D eigenvalue weighted by atomic mass is 10.1. The average Bonchev–Trinajstić information content (AvgIpc) is 2.51. The van der Waals surface area contributed by atoms with Crippen molar-refractivity contribution in [2.75, 3.05) is 26.7 Å². The molecule has 0 spiro atoms. The molecule has 0 bridgehead atoms. The van der Waals surface area contributed by atoms with Crippen LogP contribution in [0, 0.1) is 11.6 Å². The number of carbonyl (C=O) groups excluding carboxylic acids is 3. The highest BCUT2D eigenvalue weighted by Crippen LogP contribution is 2.23. The summed E-state index contributed by atoms with van der Waals surface area (Å²) in [6.07, 6.45) is -0.634. The van der Waals surface area contributed by atoms with Crippen molar-refractivity contribution < 1.29 is 23.2 Å². The highest BCUT2D eigenvalue weighted by atomic mass is 19.1. The zero-order chi connectivity index (χ0) is 18.3. The van der Waals surface area contributed by atoms with Crippen molar-refractivity contribution in [3.8, 4) is 0 Å². The Morgan fingerprint density at radius 2 is 1.92 bits per heavy atom. The lowest BCUT2D eigenvalue weighted by Gasteiger charge is -2.51. The summed E-state index contributed by atoms with van der Waals surface area (Å²) < 4.78 is 26.9. The lowest BCUT2D eigenvalue weighted by Crippen LogP contribution is -2.72. The molecule has 2 aliphatic rings. The average molecular weight is 352 g/mol. The summed E-state index contributed by atoms with van der Waals surface area (Å²) in [7, 11) is 1.62. The van der Waals surface area contributed by atoms with Gasteiger partial charge in [-0.15, -0.1) is 0 Å². The van der Waals surface area contributed by atoms with E-state index >= 15 is 0 Å². The summed E-state index contributed by atoms with van der Waals surface area (Å²) in [5.41, 5.74) is 0.174. The van der Waals surface area contributed by atoms with Gasteiger partial charge < -0.3 is 9.80 Å². The van der Waals surface area contributed by atoms with Gasteiger partial charge in [0, 0.05) is 32.1 Å². The van der Waals surface area contributed by atoms with Gasteiger partial charge in [-0.2, -0.15) is 0 Å². The second kappa shape index (κ2) is 6.40. The van der Waals surface area contributed by atoms with Crippen LogP contribution in [0.3, 0.4) is 0 Å². The number of hydrogen-bond donors (Lipinski definition) is 0. The van der Waals surface area contributed by atoms with E-state index in [0.717, 1.165) is 12.1 Å². The maximum absolute atomic E-state index is 13.9. The van der Waals surface area contributed by atoms with Crippen molar-refractivity contribution in [1.29, 1.82) is 0 Å². The first-order valence-electron chi connectivity index (χ1n) is 7.80. The largest absolute Gasteiger partial charge is 0.333 e. The Labute approximate surface area is 143 Å². The molecule has 2 heterocycles. The Hall–Kier alpha value is -2.55. The molecule has 9 heteroatoms. The molecule has 1 atom stereocenters. The van der Waals surface area contributed by atoms with E-state index < -0.39 is 17.8 Å². The number of nitrogens with zero attached hydrogens (tertiary/aromatic N) is 4. The van der Waals surface area contributed by atoms with Crippen LogP contribution in [-0.2, 0) is 20.9 Å². The van der Waals surface area contributed by atoms with Gasteiger partial charge in [0.05, 0.1) is 13.1 Å². The highest BCUT2D eigenvalue weighted by molar-refractivity contribution is 5.89. The summed E-state index contributed by atoms with van der Waals surface area (Å²) >= 11 is 0. The summed E-state index contributed by atoms with van der Waals surface area (Å²) in [5.74, 6) is -2.28. The molecule has 25 heavy (non-hydrogen) atoms. The zero-order valence-electron chi connectivity index (χ0n) is 13.9. The third-order valence-corrected chi connectivity index (χ3v) is 4.44. The summed E-state index contributed by atoms with van der Waals surface area (Å²) in [6, 6.07) is 3.17. The van der Waals surface area contributed by atoms with Gasteiger partial charge in [0.1, 0.15) is 24.3 Å². The fraction of sp³-hybridized carbons (Fsp3) is 0.438. The van der Waals surface area contributed by atoms with Gasteiger partial charge in [0.2, 0.25) is 17.7 Å². The topological polar surface area (TPSA) is 64.2 Å². The molecule has 1 unspecified atom stereocenters. The minimum Gasteiger partial charge on any atom is -0.333 e. The van der Waals surface area contributed by atoms with E-state index in [4.69, 9.17) is 0 Å². The summed E-state index contributed by atoms with van der Waals surface area (Å²) in [6.45, 7) is 1.22. The molecule has 134 valence electrons. The SMILES string of the molecule is CC(=O)N1C2CN(Cc3ccc(F)cc3F)C(=O)CN2C(=O)CN1C. The molecule has 7 nitrogen and oxygen atoms in total. The number of amides is 3. The number of fused-ring (bicyclic) bond motifs is 1. The molecular weight excluding hydrogens is 334 g/mol. The number of carbonyl (C=O) groups is 3. The van der Waals surface area contributed by atoms with Crippen LogP contribution in [0.2, 0.25) is 0 Å². The molecule has 1 aromatic carbocycles. The van der Waals surface area contributed by atoms with Crippen molar-refractivity contribution in [2.45, 2.75) is 19.6 Å². The van der Waals surface area contributed by atoms with Crippen LogP contribution < -0.4 is 0 Å². The number of halogens is 2. The first-order chi connectivity index (χ1) is 11.8. The van der Waals surface area contributed by atoms with Crippen molar-refractivity contribution in [3.05, 3.63) is 35.4 Å². The zero-order valence-corrected chi connectivity index (χ0v) is 13.9. The molecule has 2 fully saturated rings. The first-order valence-corrected chi connectivity index (χ1v) is 7.80. The van der Waals surface area contributed by atoms with E-state index in [1.54, 1.807) is 7.05 Å². The molecule has 3 amide bonds. The van der Waals surface area contributed by atoms with Crippen molar-refractivity contribution in [3.63, 3.8) is 0 Å². The number of piperazine rings is 1. The lowest BCUT2D eigenvalue weighted by molar-refractivity contribution is -0.194. The third kappa shape index (κ3) is 3.19. The van der Waals surface area contributed by atoms with Gasteiger partial charge in [-0.25, -0.2) is 13.8 Å². The number of likely N-dealkylation sites (N-methyl/N-ethyl adjacent to an activating group) is 1. The second-order valence-corrected chi connectivity index (χ2v) is 6.19. The molecule has 3 rings (SSSR count). The van der Waals surface area contributed by atoms with Gasteiger partial charge in [-0.05, 0) is 6.07 Å². The Balaban J connectivity index is 1.84. The molecule has 2 saturated heterocycles. The molecular formula is C16H18F2N4O3. The van der Waals surface area contributed by atoms with Gasteiger partial charge in [0.15, 0.2) is 0 Å². The van der Waals surface area contributed by atoms with E-state index in [2.05, 4.69) is 0 Å². The van der Waals surface area contributed by atoms with Crippen LogP contribution in [0.15, 0.2) is 18.2 Å². The summed E-state index contributed by atoms with van der Waals surface area (Å²) in [5, 5.41) is 2.93. The predicted octanol–water partition coefficient (Wildman–Crippen LogP) is 0.171. The Kier molecular flexibility index (Phi) is 4.42. The maximum atomic E-state index is 13.9. The number of hydrogen-bond acceptors (Lipinski definition) is 4. The van der Waals surface area contributed by atoms with Crippen molar-refractivity contribution in [1.82, 2.24) is 19.8 Å². The van der Waals surface area contributed by atoms with Crippen LogP contribution in [0.5, 0.6) is 0 Å². The Morgan fingerprint density at radius 1 is 1.20 bits per heavy atom. The second-order valence-electron chi connectivity index (χ2n) is 6.19. The number of rotatable bonds is 2. The number of hydrazine groups is 1. The monoisotopic (exact) mass is 352 g/mol. The van der Waals surface area contributed by atoms with E-state index in [1.165, 1.54) is 32.8 Å². The molecule has 0 N–H and O–H groups in total. The first kappa shape index (κ1) is 17.3. The predicted molar refractivity (Wildman–Crippen MR) is 82.4 cm³/mol. The van der Waals surface area contributed by atoms with E-state index in [-0.39, 0.29) is 49.5 Å². The molecule has 0 saturated carbocycles. The van der Waals surface area contributed by atoms with Gasteiger partial charge in [-0.1, -0.05) is 6.07 Å². The van der Waals surface area contributed by atoms with E-state index in [1.807, 2.05) is 0 Å². The van der Waals surface area contributed by atoms with Crippen molar-refractivity contribution >= 4 is 17.7 Å². The minimum atomic E-state index is -0.740. The van der Waals surface area contributed by atoms with E-state index in [9.17, 15) is 23.2 Å². The highest BCUT2D eigenvalue weighted by Gasteiger charge is 2.44. The van der Waals surface area contributed by atoms with Crippen molar-refractivity contribution in [2.24, 2.45) is 0 Å². The fourth-order valence-electron chi connectivity index (χ4n) is 3.26. The minimum absolute atomic E-state index is 0.00987. The maximum Gasteiger partial charge on any atom is 0.242 e. The number of benzene rings is 1. The van der Waals surface area contributed by atoms with Crippen LogP contribution in [-0.4, -0.2) is 70.4 Å². The van der Waals surface area contributed by atoms with Gasteiger partial charge >= 0.3 is 0 Å². The molecule has 2 aliphatic heterocycles.